The van der Waals surface area contributed by atoms with E-state index in [-0.39, 0.29) is 17.9 Å². The van der Waals surface area contributed by atoms with Crippen LogP contribution in [0.25, 0.3) is 0 Å². The molecule has 2 aromatic rings. The van der Waals surface area contributed by atoms with E-state index in [0.717, 1.165) is 18.5 Å². The van der Waals surface area contributed by atoms with Crippen molar-refractivity contribution in [3.05, 3.63) is 59.6 Å². The lowest BCUT2D eigenvalue weighted by Crippen LogP contribution is -2.37. The molecule has 136 valence electrons. The average molecular weight is 372 g/mol. The Labute approximate surface area is 158 Å². The van der Waals surface area contributed by atoms with Gasteiger partial charge in [0.2, 0.25) is 5.91 Å². The monoisotopic (exact) mass is 371 g/mol. The normalized spacial score (nSPS) is 13.1. The van der Waals surface area contributed by atoms with Gasteiger partial charge in [-0.25, -0.2) is 4.79 Å². The van der Waals surface area contributed by atoms with Crippen molar-refractivity contribution in [3.8, 4) is 0 Å². The van der Waals surface area contributed by atoms with Crippen molar-refractivity contribution >= 4 is 34.9 Å². The molecule has 1 fully saturated rings. The fourth-order valence-corrected chi connectivity index (χ4v) is 2.74. The Bertz CT molecular complexity index is 745. The summed E-state index contributed by atoms with van der Waals surface area (Å²) in [5.74, 6) is 0.329. The largest absolute Gasteiger partial charge is 0.356 e. The van der Waals surface area contributed by atoms with Gasteiger partial charge in [-0.05, 0) is 55.7 Å². The minimum Gasteiger partial charge on any atom is -0.356 e. The number of hydrogen-bond acceptors (Lipinski definition) is 2. The second kappa shape index (κ2) is 8.72. The van der Waals surface area contributed by atoms with Crippen LogP contribution >= 0.6 is 11.6 Å². The predicted octanol–water partition coefficient (Wildman–Crippen LogP) is 4.29. The van der Waals surface area contributed by atoms with Gasteiger partial charge in [-0.15, -0.1) is 0 Å². The van der Waals surface area contributed by atoms with E-state index >= 15 is 0 Å². The van der Waals surface area contributed by atoms with Crippen LogP contribution in [-0.2, 0) is 4.79 Å². The molecule has 0 atom stereocenters. The molecule has 0 unspecified atom stereocenters. The standard InChI is InChI=1S/C20H22ClN3O2/c21-16-9-11-17(12-10-16)23-20(26)24(18-5-2-1-3-6-18)14-4-13-22-19(25)15-7-8-15/h1-3,5-6,9-12,15H,4,7-8,13-14H2,(H,22,25)(H,23,26). The van der Waals surface area contributed by atoms with Crippen molar-refractivity contribution < 1.29 is 9.59 Å². The Balaban J connectivity index is 1.59. The van der Waals surface area contributed by atoms with E-state index in [0.29, 0.717) is 30.2 Å². The van der Waals surface area contributed by atoms with Crippen molar-refractivity contribution in [2.24, 2.45) is 5.92 Å². The van der Waals surface area contributed by atoms with Gasteiger partial charge in [0.1, 0.15) is 0 Å². The number of benzene rings is 2. The first kappa shape index (κ1) is 18.3. The molecular formula is C20H22ClN3O2. The van der Waals surface area contributed by atoms with Crippen molar-refractivity contribution in [3.63, 3.8) is 0 Å². The van der Waals surface area contributed by atoms with Crippen LogP contribution < -0.4 is 15.5 Å². The fraction of sp³-hybridized carbons (Fsp3) is 0.300. The molecule has 5 nitrogen and oxygen atoms in total. The number of nitrogens with zero attached hydrogens (tertiary/aromatic N) is 1. The second-order valence-corrected chi connectivity index (χ2v) is 6.78. The number of hydrogen-bond donors (Lipinski definition) is 2. The van der Waals surface area contributed by atoms with Gasteiger partial charge in [0.25, 0.3) is 0 Å². The van der Waals surface area contributed by atoms with Crippen LogP contribution in [0.1, 0.15) is 19.3 Å². The lowest BCUT2D eigenvalue weighted by molar-refractivity contribution is -0.122. The predicted molar refractivity (Wildman–Crippen MR) is 105 cm³/mol. The first-order chi connectivity index (χ1) is 12.6. The van der Waals surface area contributed by atoms with Gasteiger partial charge in [-0.1, -0.05) is 29.8 Å². The Morgan fingerprint density at radius 1 is 1.04 bits per heavy atom. The number of urea groups is 1. The molecule has 0 aliphatic heterocycles. The maximum atomic E-state index is 12.7. The molecule has 1 saturated carbocycles. The van der Waals surface area contributed by atoms with Gasteiger partial charge in [0.15, 0.2) is 0 Å². The van der Waals surface area contributed by atoms with Crippen LogP contribution in [0.3, 0.4) is 0 Å². The van der Waals surface area contributed by atoms with Gasteiger partial charge in [-0.2, -0.15) is 0 Å². The number of anilines is 2. The van der Waals surface area contributed by atoms with E-state index < -0.39 is 0 Å². The average Bonchev–Trinajstić information content (AvgIpc) is 3.49. The molecule has 0 saturated heterocycles. The summed E-state index contributed by atoms with van der Waals surface area (Å²) in [6.45, 7) is 1.07. The summed E-state index contributed by atoms with van der Waals surface area (Å²) in [6, 6.07) is 16.3. The highest BCUT2D eigenvalue weighted by molar-refractivity contribution is 6.30. The van der Waals surface area contributed by atoms with Crippen LogP contribution in [0, 0.1) is 5.92 Å². The molecule has 1 aliphatic rings. The number of carbonyl (C=O) groups excluding carboxylic acids is 2. The third kappa shape index (κ3) is 5.23. The molecule has 26 heavy (non-hydrogen) atoms. The molecule has 0 aromatic heterocycles. The Morgan fingerprint density at radius 3 is 2.38 bits per heavy atom. The molecule has 3 amide bonds. The van der Waals surface area contributed by atoms with Gasteiger partial charge >= 0.3 is 6.03 Å². The summed E-state index contributed by atoms with van der Waals surface area (Å²) in [5.41, 5.74) is 1.50. The van der Waals surface area contributed by atoms with Gasteiger partial charge < -0.3 is 10.6 Å². The highest BCUT2D eigenvalue weighted by Gasteiger charge is 2.29. The number of nitrogens with one attached hydrogen (secondary N) is 2. The molecule has 6 heteroatoms. The van der Waals surface area contributed by atoms with Crippen molar-refractivity contribution in [1.29, 1.82) is 0 Å². The maximum absolute atomic E-state index is 12.7. The number of halogens is 1. The minimum atomic E-state index is -0.216. The number of carbonyl (C=O) groups is 2. The molecule has 0 bridgehead atoms. The van der Waals surface area contributed by atoms with Crippen LogP contribution in [0.15, 0.2) is 54.6 Å². The van der Waals surface area contributed by atoms with Crippen LogP contribution in [0.4, 0.5) is 16.2 Å². The molecular weight excluding hydrogens is 350 g/mol. The van der Waals surface area contributed by atoms with Crippen LogP contribution in [0.5, 0.6) is 0 Å². The Morgan fingerprint density at radius 2 is 1.73 bits per heavy atom. The zero-order chi connectivity index (χ0) is 18.4. The van der Waals surface area contributed by atoms with Crippen molar-refractivity contribution in [2.45, 2.75) is 19.3 Å². The summed E-state index contributed by atoms with van der Waals surface area (Å²) < 4.78 is 0. The summed E-state index contributed by atoms with van der Waals surface area (Å²) in [5, 5.41) is 6.44. The Hall–Kier alpha value is -2.53. The molecule has 1 aliphatic carbocycles. The highest BCUT2D eigenvalue weighted by Crippen LogP contribution is 2.28. The summed E-state index contributed by atoms with van der Waals surface area (Å²) >= 11 is 5.89. The number of amides is 3. The maximum Gasteiger partial charge on any atom is 0.326 e. The zero-order valence-corrected chi connectivity index (χ0v) is 15.2. The molecule has 2 N–H and O–H groups in total. The van der Waals surface area contributed by atoms with E-state index in [2.05, 4.69) is 10.6 Å². The molecule has 0 radical (unpaired) electrons. The fourth-order valence-electron chi connectivity index (χ4n) is 2.62. The number of para-hydroxylation sites is 1. The van der Waals surface area contributed by atoms with Gasteiger partial charge in [0, 0.05) is 35.4 Å². The molecule has 3 rings (SSSR count). The van der Waals surface area contributed by atoms with Gasteiger partial charge in [-0.3, -0.25) is 9.69 Å². The smallest absolute Gasteiger partial charge is 0.326 e. The molecule has 2 aromatic carbocycles. The minimum absolute atomic E-state index is 0.127. The molecule has 0 heterocycles. The summed E-state index contributed by atoms with van der Waals surface area (Å²) in [7, 11) is 0. The van der Waals surface area contributed by atoms with E-state index in [9.17, 15) is 9.59 Å². The van der Waals surface area contributed by atoms with E-state index in [4.69, 9.17) is 11.6 Å². The van der Waals surface area contributed by atoms with E-state index in [1.807, 2.05) is 30.3 Å². The van der Waals surface area contributed by atoms with E-state index in [1.165, 1.54) is 0 Å². The quantitative estimate of drug-likeness (QED) is 0.713. The summed E-state index contributed by atoms with van der Waals surface area (Å²) in [6.07, 6.45) is 2.67. The highest BCUT2D eigenvalue weighted by atomic mass is 35.5. The first-order valence-corrected chi connectivity index (χ1v) is 9.18. The van der Waals surface area contributed by atoms with Crippen molar-refractivity contribution in [1.82, 2.24) is 5.32 Å². The topological polar surface area (TPSA) is 61.4 Å². The second-order valence-electron chi connectivity index (χ2n) is 6.34. The van der Waals surface area contributed by atoms with Crippen LogP contribution in [0.2, 0.25) is 5.02 Å². The van der Waals surface area contributed by atoms with E-state index in [1.54, 1.807) is 29.2 Å². The number of rotatable bonds is 7. The first-order valence-electron chi connectivity index (χ1n) is 8.80. The van der Waals surface area contributed by atoms with Crippen molar-refractivity contribution in [2.75, 3.05) is 23.3 Å². The SMILES string of the molecule is O=C(NCCCN(C(=O)Nc1ccc(Cl)cc1)c1ccccc1)C1CC1. The Kier molecular flexibility index (Phi) is 6.12. The molecule has 0 spiro atoms. The lowest BCUT2D eigenvalue weighted by atomic mass is 10.2. The zero-order valence-electron chi connectivity index (χ0n) is 14.5. The third-order valence-electron chi connectivity index (χ3n) is 4.21. The lowest BCUT2D eigenvalue weighted by Gasteiger charge is -2.23. The third-order valence-corrected chi connectivity index (χ3v) is 4.47. The van der Waals surface area contributed by atoms with Gasteiger partial charge in [0.05, 0.1) is 0 Å². The summed E-state index contributed by atoms with van der Waals surface area (Å²) in [4.78, 5) is 26.1. The van der Waals surface area contributed by atoms with Crippen LogP contribution in [-0.4, -0.2) is 25.0 Å².